The van der Waals surface area contributed by atoms with Gasteiger partial charge in [-0.05, 0) is 24.8 Å². The molecule has 0 unspecified atom stereocenters. The number of aromatic carboxylic acids is 1. The van der Waals surface area contributed by atoms with Crippen molar-refractivity contribution in [2.45, 2.75) is 18.7 Å². The molecular weight excluding hydrogens is 302 g/mol. The van der Waals surface area contributed by atoms with Crippen molar-refractivity contribution in [3.8, 4) is 0 Å². The number of sulfonamides is 1. The Labute approximate surface area is 119 Å². The van der Waals surface area contributed by atoms with Crippen LogP contribution in [0.1, 0.15) is 20.9 Å². The van der Waals surface area contributed by atoms with Gasteiger partial charge in [-0.3, -0.25) is 9.40 Å². The van der Waals surface area contributed by atoms with E-state index in [9.17, 15) is 13.2 Å². The van der Waals surface area contributed by atoms with E-state index >= 15 is 0 Å². The molecule has 108 valence electrons. The van der Waals surface area contributed by atoms with Crippen molar-refractivity contribution >= 4 is 33.0 Å². The summed E-state index contributed by atoms with van der Waals surface area (Å²) in [4.78, 5) is 10.7. The number of carboxylic acid groups (broad SMARTS) is 1. The Balaban J connectivity index is 2.49. The van der Waals surface area contributed by atoms with E-state index in [0.29, 0.717) is 16.9 Å². The van der Waals surface area contributed by atoms with Gasteiger partial charge in [-0.1, -0.05) is 0 Å². The number of nitrogens with zero attached hydrogens (tertiary/aromatic N) is 2. The van der Waals surface area contributed by atoms with Crippen LogP contribution in [0.3, 0.4) is 0 Å². The van der Waals surface area contributed by atoms with Crippen LogP contribution in [0.4, 0.5) is 5.69 Å². The van der Waals surface area contributed by atoms with Crippen molar-refractivity contribution in [1.29, 1.82) is 0 Å². The van der Waals surface area contributed by atoms with Gasteiger partial charge in [0.15, 0.2) is 0 Å². The highest BCUT2D eigenvalue weighted by Gasteiger charge is 2.27. The van der Waals surface area contributed by atoms with E-state index in [0.717, 1.165) is 11.3 Å². The lowest BCUT2D eigenvalue weighted by molar-refractivity contribution is 0.0698. The number of thiophene rings is 1. The van der Waals surface area contributed by atoms with E-state index in [1.807, 2.05) is 0 Å². The summed E-state index contributed by atoms with van der Waals surface area (Å²) in [5.74, 6) is -1.26. The fourth-order valence-corrected chi connectivity index (χ4v) is 4.55. The minimum Gasteiger partial charge on any atom is -0.477 e. The quantitative estimate of drug-likeness (QED) is 0.892. The van der Waals surface area contributed by atoms with Crippen molar-refractivity contribution in [2.75, 3.05) is 4.72 Å². The molecule has 0 saturated carbocycles. The summed E-state index contributed by atoms with van der Waals surface area (Å²) in [7, 11) is -2.29. The largest absolute Gasteiger partial charge is 0.477 e. The van der Waals surface area contributed by atoms with Crippen LogP contribution in [0.15, 0.2) is 16.5 Å². The van der Waals surface area contributed by atoms with Crippen molar-refractivity contribution in [1.82, 2.24) is 9.78 Å². The molecule has 0 amide bonds. The maximum absolute atomic E-state index is 12.4. The third-order valence-corrected chi connectivity index (χ3v) is 5.41. The molecule has 9 heteroatoms. The molecule has 2 aromatic heterocycles. The summed E-state index contributed by atoms with van der Waals surface area (Å²) in [5, 5.41) is 14.6. The Morgan fingerprint density at radius 2 is 2.10 bits per heavy atom. The molecule has 2 N–H and O–H groups in total. The van der Waals surface area contributed by atoms with E-state index < -0.39 is 16.0 Å². The van der Waals surface area contributed by atoms with Crippen LogP contribution >= 0.6 is 11.3 Å². The molecule has 0 fully saturated rings. The van der Waals surface area contributed by atoms with Crippen molar-refractivity contribution in [3.63, 3.8) is 0 Å². The lowest BCUT2D eigenvalue weighted by atomic mass is 10.3. The number of nitrogens with one attached hydrogen (secondary N) is 1. The maximum Gasteiger partial charge on any atom is 0.347 e. The van der Waals surface area contributed by atoms with Gasteiger partial charge < -0.3 is 5.11 Å². The van der Waals surface area contributed by atoms with Gasteiger partial charge in [-0.25, -0.2) is 13.2 Å². The first-order valence-electron chi connectivity index (χ1n) is 5.57. The van der Waals surface area contributed by atoms with Crippen molar-refractivity contribution < 1.29 is 18.3 Å². The highest BCUT2D eigenvalue weighted by Crippen LogP contribution is 2.29. The molecule has 0 aromatic carbocycles. The zero-order chi connectivity index (χ0) is 15.1. The van der Waals surface area contributed by atoms with Crippen molar-refractivity contribution in [2.24, 2.45) is 7.05 Å². The highest BCUT2D eigenvalue weighted by atomic mass is 32.2. The van der Waals surface area contributed by atoms with Gasteiger partial charge >= 0.3 is 5.97 Å². The number of rotatable bonds is 4. The summed E-state index contributed by atoms with van der Waals surface area (Å²) in [6.45, 7) is 3.23. The lowest BCUT2D eigenvalue weighted by Gasteiger charge is -2.07. The Bertz CT molecular complexity index is 774. The molecule has 0 aliphatic carbocycles. The SMILES string of the molecule is Cc1csc(C(=O)O)c1S(=O)(=O)Nc1cn(C)nc1C. The zero-order valence-corrected chi connectivity index (χ0v) is 12.7. The predicted molar refractivity (Wildman–Crippen MR) is 74.8 cm³/mol. The molecular formula is C11H13N3O4S2. The number of carboxylic acids is 1. The first kappa shape index (κ1) is 14.5. The third-order valence-electron chi connectivity index (χ3n) is 2.64. The molecule has 20 heavy (non-hydrogen) atoms. The molecule has 2 aromatic rings. The first-order valence-corrected chi connectivity index (χ1v) is 7.93. The average Bonchev–Trinajstić information content (AvgIpc) is 2.82. The number of anilines is 1. The zero-order valence-electron chi connectivity index (χ0n) is 11.0. The van der Waals surface area contributed by atoms with Gasteiger partial charge in [0.2, 0.25) is 0 Å². The fourth-order valence-electron chi connectivity index (χ4n) is 1.81. The van der Waals surface area contributed by atoms with Crippen molar-refractivity contribution in [3.05, 3.63) is 27.7 Å². The lowest BCUT2D eigenvalue weighted by Crippen LogP contribution is -2.16. The molecule has 0 spiro atoms. The minimum absolute atomic E-state index is 0.196. The van der Waals surface area contributed by atoms with Gasteiger partial charge in [0, 0.05) is 13.2 Å². The Morgan fingerprint density at radius 1 is 1.45 bits per heavy atom. The normalized spacial score (nSPS) is 11.6. The van der Waals surface area contributed by atoms with E-state index in [-0.39, 0.29) is 9.77 Å². The second-order valence-corrected chi connectivity index (χ2v) is 6.79. The number of aromatic nitrogens is 2. The third kappa shape index (κ3) is 2.54. The van der Waals surface area contributed by atoms with Gasteiger partial charge in [-0.2, -0.15) is 5.10 Å². The smallest absolute Gasteiger partial charge is 0.347 e. The van der Waals surface area contributed by atoms with Gasteiger partial charge in [0.05, 0.1) is 11.4 Å². The number of hydrogen-bond donors (Lipinski definition) is 2. The van der Waals surface area contributed by atoms with Crippen LogP contribution in [0.5, 0.6) is 0 Å². The van der Waals surface area contributed by atoms with Crippen LogP contribution in [-0.4, -0.2) is 29.3 Å². The molecule has 2 rings (SSSR count). The Hall–Kier alpha value is -1.87. The standard InChI is InChI=1S/C11H13N3O4S2/c1-6-5-19-9(11(15)16)10(6)20(17,18)13-8-4-14(3)12-7(8)2/h4-5,13H,1-3H3,(H,15,16). The summed E-state index contributed by atoms with van der Waals surface area (Å²) < 4.78 is 28.6. The fraction of sp³-hybridized carbons (Fsp3) is 0.273. The van der Waals surface area contributed by atoms with E-state index in [4.69, 9.17) is 5.11 Å². The second kappa shape index (κ2) is 4.91. The molecule has 0 radical (unpaired) electrons. The Morgan fingerprint density at radius 3 is 2.60 bits per heavy atom. The van der Waals surface area contributed by atoms with E-state index in [1.54, 1.807) is 20.9 Å². The molecule has 2 heterocycles. The summed E-state index contributed by atoms with van der Waals surface area (Å²) in [6.07, 6.45) is 1.52. The van der Waals surface area contributed by atoms with Crippen LogP contribution in [0.25, 0.3) is 0 Å². The van der Waals surface area contributed by atoms with Gasteiger partial charge in [-0.15, -0.1) is 11.3 Å². The topological polar surface area (TPSA) is 101 Å². The Kier molecular flexibility index (Phi) is 3.57. The molecule has 0 saturated heterocycles. The number of aryl methyl sites for hydroxylation is 3. The van der Waals surface area contributed by atoms with Crippen LogP contribution in [0, 0.1) is 13.8 Å². The minimum atomic E-state index is -3.96. The predicted octanol–water partition coefficient (Wildman–Crippen LogP) is 1.60. The van der Waals surface area contributed by atoms with Crippen LogP contribution in [0.2, 0.25) is 0 Å². The average molecular weight is 315 g/mol. The molecule has 0 aliphatic rings. The summed E-state index contributed by atoms with van der Waals surface area (Å²) in [5.41, 5.74) is 1.25. The first-order chi connectivity index (χ1) is 9.22. The van der Waals surface area contributed by atoms with Gasteiger partial charge in [0.25, 0.3) is 10.0 Å². The highest BCUT2D eigenvalue weighted by molar-refractivity contribution is 7.93. The molecule has 0 atom stereocenters. The van der Waals surface area contributed by atoms with Gasteiger partial charge in [0.1, 0.15) is 9.77 Å². The summed E-state index contributed by atoms with van der Waals surface area (Å²) in [6, 6.07) is 0. The van der Waals surface area contributed by atoms with Crippen LogP contribution < -0.4 is 4.72 Å². The number of hydrogen-bond acceptors (Lipinski definition) is 5. The van der Waals surface area contributed by atoms with E-state index in [2.05, 4.69) is 9.82 Å². The van der Waals surface area contributed by atoms with E-state index in [1.165, 1.54) is 16.3 Å². The summed E-state index contributed by atoms with van der Waals surface area (Å²) >= 11 is 0.892. The second-order valence-electron chi connectivity index (χ2n) is 4.29. The molecule has 0 aliphatic heterocycles. The monoisotopic (exact) mass is 315 g/mol. The number of carbonyl (C=O) groups is 1. The maximum atomic E-state index is 12.4. The molecule has 7 nitrogen and oxygen atoms in total. The molecule has 0 bridgehead atoms. The van der Waals surface area contributed by atoms with Crippen LogP contribution in [-0.2, 0) is 17.1 Å².